The second-order valence-electron chi connectivity index (χ2n) is 29.6. The molecule has 100 heavy (non-hydrogen) atoms. The molecule has 9 nitrogen and oxygen atoms in total. The van der Waals surface area contributed by atoms with Gasteiger partial charge in [-0.3, -0.25) is 15.0 Å². The van der Waals surface area contributed by atoms with E-state index >= 15 is 0 Å². The van der Waals surface area contributed by atoms with E-state index in [4.69, 9.17) is 25.2 Å². The number of aromatic nitrogens is 3. The first-order chi connectivity index (χ1) is 45.4. The first-order valence-electron chi connectivity index (χ1n) is 34.8. The molecular weight excluding hydrogens is 1770 g/mol. The van der Waals surface area contributed by atoms with E-state index in [9.17, 15) is 20.4 Å². The Bertz CT molecular complexity index is 3800. The quantitative estimate of drug-likeness (QED) is 0.0409. The van der Waals surface area contributed by atoms with Gasteiger partial charge in [-0.25, -0.2) is 0 Å². The molecule has 0 fully saturated rings. The molecule has 3 heterocycles. The largest absolute Gasteiger partial charge is 0.513 e. The average molecular weight is 1890 g/mol. The Balaban J connectivity index is 0.000000615. The number of rotatable bonds is 16. The predicted molar refractivity (Wildman–Crippen MR) is 413 cm³/mol. The average Bonchev–Trinajstić information content (AvgIpc) is 0.803. The van der Waals surface area contributed by atoms with E-state index in [1.807, 2.05) is 27.7 Å². The summed E-state index contributed by atoms with van der Waals surface area (Å²) >= 11 is 0. The third kappa shape index (κ3) is 32.5. The van der Waals surface area contributed by atoms with E-state index in [0.29, 0.717) is 72.7 Å². The van der Waals surface area contributed by atoms with Crippen molar-refractivity contribution in [3.8, 4) is 33.8 Å². The van der Waals surface area contributed by atoms with Gasteiger partial charge in [-0.05, 0) is 138 Å². The van der Waals surface area contributed by atoms with Gasteiger partial charge in [0.15, 0.2) is 0 Å². The van der Waals surface area contributed by atoms with E-state index in [1.54, 1.807) is 19.1 Å². The van der Waals surface area contributed by atoms with Crippen LogP contribution in [0.5, 0.6) is 0 Å². The number of aryl methyl sites for hydroxylation is 6. The van der Waals surface area contributed by atoms with Crippen LogP contribution in [0.3, 0.4) is 0 Å². The number of aliphatic hydroxyl groups is 6. The molecule has 0 saturated carbocycles. The summed E-state index contributed by atoms with van der Waals surface area (Å²) in [5.41, 5.74) is 20.8. The maximum atomic E-state index is 9.47. The van der Waals surface area contributed by atoms with Crippen LogP contribution in [0, 0.1) is 83.4 Å². The van der Waals surface area contributed by atoms with E-state index in [1.165, 1.54) is 62.5 Å². The predicted octanol–water partition coefficient (Wildman–Crippen LogP) is 23.1. The Hall–Kier alpha value is -6.00. The molecular formula is C88H116Ir3N3O6-3. The monoisotopic (exact) mass is 1890 g/mol. The Morgan fingerprint density at radius 3 is 0.980 bits per heavy atom. The van der Waals surface area contributed by atoms with Crippen LogP contribution in [-0.2, 0) is 65.7 Å². The first kappa shape index (κ1) is 92.0. The molecule has 9 rings (SSSR count). The zero-order chi connectivity index (χ0) is 72.6. The summed E-state index contributed by atoms with van der Waals surface area (Å²) in [6.07, 6.45) is 5.65. The van der Waals surface area contributed by atoms with E-state index in [2.05, 4.69) is 263 Å². The molecule has 9 aromatic rings. The molecule has 0 aliphatic rings. The minimum absolute atomic E-state index is 0. The maximum Gasteiger partial charge on any atom is 0.0911 e. The fraction of sp³-hybridized carbons (Fsp3) is 0.420. The van der Waals surface area contributed by atoms with Gasteiger partial charge >= 0.3 is 0 Å². The van der Waals surface area contributed by atoms with Crippen LogP contribution in [0.4, 0.5) is 0 Å². The fourth-order valence-corrected chi connectivity index (χ4v) is 11.6. The van der Waals surface area contributed by atoms with E-state index in [-0.39, 0.29) is 71.5 Å². The van der Waals surface area contributed by atoms with Crippen molar-refractivity contribution in [2.24, 2.45) is 23.7 Å². The third-order valence-electron chi connectivity index (χ3n) is 15.5. The zero-order valence-corrected chi connectivity index (χ0v) is 71.1. The molecule has 12 heteroatoms. The Morgan fingerprint density at radius 2 is 0.720 bits per heavy atom. The summed E-state index contributed by atoms with van der Waals surface area (Å²) in [7, 11) is 0. The number of fused-ring (bicyclic) bond motifs is 3. The van der Waals surface area contributed by atoms with Gasteiger partial charge in [-0.15, -0.1) is 105 Å². The summed E-state index contributed by atoms with van der Waals surface area (Å²) in [6.45, 7) is 47.7. The minimum atomic E-state index is -0.537. The summed E-state index contributed by atoms with van der Waals surface area (Å²) in [6, 6.07) is 55.2. The number of aliphatic hydroxyl groups excluding tert-OH is 6. The van der Waals surface area contributed by atoms with Crippen molar-refractivity contribution in [1.29, 1.82) is 0 Å². The van der Waals surface area contributed by atoms with E-state index in [0.717, 1.165) is 67.0 Å². The van der Waals surface area contributed by atoms with Gasteiger partial charge in [0.25, 0.3) is 0 Å². The molecule has 0 spiro atoms. The maximum absolute atomic E-state index is 9.47. The number of pyridine rings is 3. The van der Waals surface area contributed by atoms with Crippen molar-refractivity contribution >= 4 is 32.7 Å². The number of benzene rings is 6. The van der Waals surface area contributed by atoms with E-state index < -0.39 is 18.3 Å². The smallest absolute Gasteiger partial charge is 0.0911 e. The molecule has 6 N–H and O–H groups in total. The van der Waals surface area contributed by atoms with Crippen molar-refractivity contribution < 1.29 is 91.0 Å². The minimum Gasteiger partial charge on any atom is -0.513 e. The van der Waals surface area contributed by atoms with Gasteiger partial charge < -0.3 is 30.6 Å². The van der Waals surface area contributed by atoms with Crippen molar-refractivity contribution in [3.05, 3.63) is 231 Å². The van der Waals surface area contributed by atoms with Crippen LogP contribution in [0.15, 0.2) is 163 Å². The summed E-state index contributed by atoms with van der Waals surface area (Å²) in [5, 5.41) is 58.4. The zero-order valence-electron chi connectivity index (χ0n) is 63.9. The second kappa shape index (κ2) is 44.5. The van der Waals surface area contributed by atoms with Gasteiger partial charge in [-0.2, -0.15) is 0 Å². The molecule has 0 amide bonds. The molecule has 0 aliphatic carbocycles. The normalized spacial score (nSPS) is 12.5. The Morgan fingerprint density at radius 1 is 0.410 bits per heavy atom. The molecule has 0 saturated heterocycles. The molecule has 3 atom stereocenters. The van der Waals surface area contributed by atoms with Crippen LogP contribution >= 0.6 is 0 Å². The molecule has 3 radical (unpaired) electrons. The molecule has 6 aromatic carbocycles. The molecule has 0 bridgehead atoms. The van der Waals surface area contributed by atoms with Crippen LogP contribution in [0.2, 0.25) is 0 Å². The van der Waals surface area contributed by atoms with Gasteiger partial charge in [0.2, 0.25) is 0 Å². The third-order valence-corrected chi connectivity index (χ3v) is 15.5. The summed E-state index contributed by atoms with van der Waals surface area (Å²) < 4.78 is 0. The SMILES string of the molecule is CC(C)CC(O)=CC(O)CC(C)C.CC(C)CC(O)=CC(O)CC(C)C.CC(O)=CC(C)O.Cc1[c-]c(-c2ccc3c(C(C)(C)C)cccc3n2)cc(C)c1.Cc1[c-]c(-c2ccc3c(C(C)C)cccc3n2)cc(C)c1.Cc1[c-]c(-c2ccc3c(C(C)C)cccc3n2)cc(C)c1.[Ir].[Ir].[Ir]. The van der Waals surface area contributed by atoms with Gasteiger partial charge in [0.05, 0.1) is 52.1 Å². The van der Waals surface area contributed by atoms with Crippen molar-refractivity contribution in [3.63, 3.8) is 0 Å². The van der Waals surface area contributed by atoms with Gasteiger partial charge in [-0.1, -0.05) is 218 Å². The molecule has 3 unspecified atom stereocenters. The van der Waals surface area contributed by atoms with Crippen LogP contribution < -0.4 is 0 Å². The van der Waals surface area contributed by atoms with Crippen molar-refractivity contribution in [2.45, 2.75) is 220 Å². The fourth-order valence-electron chi connectivity index (χ4n) is 11.6. The first-order valence-corrected chi connectivity index (χ1v) is 34.8. The van der Waals surface area contributed by atoms with Crippen LogP contribution in [0.25, 0.3) is 66.5 Å². The number of allylic oxidation sites excluding steroid dienone is 3. The molecule has 549 valence electrons. The summed E-state index contributed by atoms with van der Waals surface area (Å²) in [5.74, 6) is 3.57. The number of hydrogen-bond acceptors (Lipinski definition) is 9. The standard InChI is InChI=1S/C21H22N.2C20H20N.2C11H22O2.C5H10O2.3Ir/c1-14-11-15(2)13-16(12-14)19-10-9-17-18(21(3,4)5)7-6-8-20(17)22-19;2*1-13(2)17-6-5-7-20-18(17)8-9-19(21-20)16-11-14(3)10-15(4)12-16;2*1-8(2)5-10(12)7-11(13)6-9(3)4;1-4(6)3-5(2)7;;;/h6-12H,1-5H3;2*5-11,13H,1-4H3;2*7-10,12-13H,5-6H2,1-4H3;3-4,6-7H,1-2H3;;;/q3*-1;;;;;;. The van der Waals surface area contributed by atoms with Gasteiger partial charge in [0, 0.05) is 89.3 Å². The molecule has 0 aliphatic heterocycles. The molecule has 3 aromatic heterocycles. The number of hydrogen-bond donors (Lipinski definition) is 6. The summed E-state index contributed by atoms with van der Waals surface area (Å²) in [4.78, 5) is 14.5. The Labute approximate surface area is 642 Å². The van der Waals surface area contributed by atoms with Crippen LogP contribution in [0.1, 0.15) is 205 Å². The van der Waals surface area contributed by atoms with Crippen molar-refractivity contribution in [1.82, 2.24) is 15.0 Å². The number of nitrogens with zero attached hydrogens (tertiary/aromatic N) is 3. The van der Waals surface area contributed by atoms with Gasteiger partial charge in [0.1, 0.15) is 0 Å². The van der Waals surface area contributed by atoms with Crippen LogP contribution in [-0.4, -0.2) is 63.9 Å². The Kier molecular flexibility index (Phi) is 40.9. The van der Waals surface area contributed by atoms with Crippen molar-refractivity contribution in [2.75, 3.05) is 0 Å². The topological polar surface area (TPSA) is 160 Å². The second-order valence-corrected chi connectivity index (χ2v) is 29.6.